The number of ether oxygens (including phenoxy) is 1. The highest BCUT2D eigenvalue weighted by molar-refractivity contribution is 7.10. The number of benzene rings is 2. The van der Waals surface area contributed by atoms with E-state index < -0.39 is 23.5 Å². The average molecular weight is 466 g/mol. The molecule has 2 aromatic carbocycles. The summed E-state index contributed by atoms with van der Waals surface area (Å²) < 4.78 is 19.4. The number of methoxy groups -OCH3 is 1. The number of nitrogens with zero attached hydrogens (tertiary/aromatic N) is 1. The predicted octanol–water partition coefficient (Wildman–Crippen LogP) is 5.95. The Kier molecular flexibility index (Phi) is 6.08. The Bertz CT molecular complexity index is 1280. The van der Waals surface area contributed by atoms with Crippen molar-refractivity contribution in [2.45, 2.75) is 32.7 Å². The number of ketones is 1. The van der Waals surface area contributed by atoms with Crippen LogP contribution in [0.2, 0.25) is 0 Å². The second kappa shape index (κ2) is 8.83. The molecular formula is C26H24FNO4S. The molecule has 7 heteroatoms. The van der Waals surface area contributed by atoms with Crippen molar-refractivity contribution in [1.29, 1.82) is 0 Å². The molecule has 0 bridgehead atoms. The van der Waals surface area contributed by atoms with Crippen LogP contribution in [0.25, 0.3) is 5.76 Å². The van der Waals surface area contributed by atoms with E-state index in [4.69, 9.17) is 4.74 Å². The fraction of sp³-hybridized carbons (Fsp3) is 0.231. The van der Waals surface area contributed by atoms with Crippen LogP contribution >= 0.6 is 11.3 Å². The number of anilines is 1. The highest BCUT2D eigenvalue weighted by Crippen LogP contribution is 2.45. The maximum absolute atomic E-state index is 14.0. The minimum atomic E-state index is -0.864. The number of halogens is 1. The van der Waals surface area contributed by atoms with Gasteiger partial charge in [-0.25, -0.2) is 4.39 Å². The average Bonchev–Trinajstić information content (AvgIpc) is 3.33. The molecule has 0 radical (unpaired) electrons. The van der Waals surface area contributed by atoms with Crippen molar-refractivity contribution >= 4 is 34.5 Å². The molecule has 1 amide bonds. The first kappa shape index (κ1) is 22.7. The molecule has 1 N–H and O–H groups in total. The molecule has 4 rings (SSSR count). The minimum absolute atomic E-state index is 0.0188. The molecule has 1 aromatic heterocycles. The molecule has 0 spiro atoms. The van der Waals surface area contributed by atoms with Crippen LogP contribution in [-0.2, 0) is 9.59 Å². The summed E-state index contributed by atoms with van der Waals surface area (Å²) in [5.74, 6) is -1.62. The third-order valence-electron chi connectivity index (χ3n) is 5.81. The summed E-state index contributed by atoms with van der Waals surface area (Å²) in [6, 6.07) is 11.7. The highest BCUT2D eigenvalue weighted by Gasteiger charge is 2.48. The molecule has 5 nitrogen and oxygen atoms in total. The lowest BCUT2D eigenvalue weighted by Crippen LogP contribution is -2.29. The molecule has 1 unspecified atom stereocenters. The van der Waals surface area contributed by atoms with Crippen LogP contribution in [0.1, 0.15) is 47.4 Å². The number of hydrogen-bond donors (Lipinski definition) is 1. The number of Topliss-reactive ketones (excluding diaryl/α,β-unsaturated/α-hetero) is 1. The van der Waals surface area contributed by atoms with Crippen molar-refractivity contribution in [3.05, 3.63) is 86.9 Å². The van der Waals surface area contributed by atoms with E-state index in [1.807, 2.05) is 32.2 Å². The van der Waals surface area contributed by atoms with Gasteiger partial charge in [0.05, 0.1) is 12.7 Å². The largest absolute Gasteiger partial charge is 0.507 e. The van der Waals surface area contributed by atoms with Gasteiger partial charge in [0.25, 0.3) is 11.7 Å². The maximum Gasteiger partial charge on any atom is 0.300 e. The van der Waals surface area contributed by atoms with Crippen molar-refractivity contribution in [3.8, 4) is 5.75 Å². The van der Waals surface area contributed by atoms with Gasteiger partial charge in [0, 0.05) is 16.1 Å². The van der Waals surface area contributed by atoms with Crippen molar-refractivity contribution in [3.63, 3.8) is 0 Å². The van der Waals surface area contributed by atoms with Crippen molar-refractivity contribution in [2.75, 3.05) is 12.0 Å². The molecular weight excluding hydrogens is 441 g/mol. The lowest BCUT2D eigenvalue weighted by atomic mass is 9.94. The van der Waals surface area contributed by atoms with Crippen LogP contribution in [0.5, 0.6) is 5.75 Å². The Morgan fingerprint density at radius 3 is 2.52 bits per heavy atom. The van der Waals surface area contributed by atoms with E-state index in [-0.39, 0.29) is 22.9 Å². The number of aryl methyl sites for hydroxylation is 1. The monoisotopic (exact) mass is 465 g/mol. The summed E-state index contributed by atoms with van der Waals surface area (Å²) in [7, 11) is 1.57. The Hall–Kier alpha value is -3.45. The van der Waals surface area contributed by atoms with Gasteiger partial charge in [0.1, 0.15) is 23.4 Å². The van der Waals surface area contributed by atoms with Gasteiger partial charge in [0.15, 0.2) is 0 Å². The number of hydrogen-bond acceptors (Lipinski definition) is 5. The molecule has 1 aliphatic heterocycles. The Morgan fingerprint density at radius 2 is 1.91 bits per heavy atom. The van der Waals surface area contributed by atoms with E-state index in [1.54, 1.807) is 31.4 Å². The molecule has 1 saturated heterocycles. The van der Waals surface area contributed by atoms with E-state index in [9.17, 15) is 19.1 Å². The highest BCUT2D eigenvalue weighted by atomic mass is 32.1. The van der Waals surface area contributed by atoms with Gasteiger partial charge in [0.2, 0.25) is 0 Å². The lowest BCUT2D eigenvalue weighted by Gasteiger charge is -2.25. The fourth-order valence-corrected chi connectivity index (χ4v) is 5.15. The number of thiophene rings is 1. The zero-order valence-electron chi connectivity index (χ0n) is 18.8. The van der Waals surface area contributed by atoms with Gasteiger partial charge >= 0.3 is 0 Å². The number of carbonyl (C=O) groups is 2. The normalized spacial score (nSPS) is 17.8. The third-order valence-corrected chi connectivity index (χ3v) is 6.88. The third kappa shape index (κ3) is 3.93. The Balaban J connectivity index is 1.95. The topological polar surface area (TPSA) is 66.8 Å². The van der Waals surface area contributed by atoms with E-state index >= 15 is 0 Å². The van der Waals surface area contributed by atoms with Gasteiger partial charge in [-0.3, -0.25) is 14.5 Å². The van der Waals surface area contributed by atoms with Crippen LogP contribution in [0.3, 0.4) is 0 Å². The molecule has 1 aliphatic rings. The SMILES string of the molecule is COc1ccc(/C(O)=C2/C(=O)C(=O)N(c3cccc(F)c3)C2c2sccc2C)cc1C(C)C. The van der Waals surface area contributed by atoms with Gasteiger partial charge in [-0.05, 0) is 71.8 Å². The summed E-state index contributed by atoms with van der Waals surface area (Å²) in [5.41, 5.74) is 2.39. The first-order valence-electron chi connectivity index (χ1n) is 10.5. The fourth-order valence-electron chi connectivity index (χ4n) is 4.13. The number of carbonyl (C=O) groups excluding carboxylic acids is 2. The van der Waals surface area contributed by atoms with Gasteiger partial charge in [-0.2, -0.15) is 0 Å². The second-order valence-corrected chi connectivity index (χ2v) is 9.18. The van der Waals surface area contributed by atoms with Gasteiger partial charge in [-0.15, -0.1) is 11.3 Å². The Labute approximate surface area is 195 Å². The summed E-state index contributed by atoms with van der Waals surface area (Å²) >= 11 is 1.38. The van der Waals surface area contributed by atoms with Gasteiger partial charge < -0.3 is 9.84 Å². The van der Waals surface area contributed by atoms with Crippen LogP contribution < -0.4 is 9.64 Å². The summed E-state index contributed by atoms with van der Waals surface area (Å²) in [5, 5.41) is 13.2. The van der Waals surface area contributed by atoms with Crippen LogP contribution in [-0.4, -0.2) is 23.9 Å². The van der Waals surface area contributed by atoms with Crippen LogP contribution in [0, 0.1) is 12.7 Å². The van der Waals surface area contributed by atoms with Crippen molar-refractivity contribution in [1.82, 2.24) is 0 Å². The van der Waals surface area contributed by atoms with E-state index in [2.05, 4.69) is 0 Å². The smallest absolute Gasteiger partial charge is 0.300 e. The number of aliphatic hydroxyl groups excluding tert-OH is 1. The molecule has 2 heterocycles. The van der Waals surface area contributed by atoms with E-state index in [0.717, 1.165) is 16.0 Å². The summed E-state index contributed by atoms with van der Waals surface area (Å²) in [4.78, 5) is 28.4. The first-order valence-corrected chi connectivity index (χ1v) is 11.4. The molecule has 33 heavy (non-hydrogen) atoms. The lowest BCUT2D eigenvalue weighted by molar-refractivity contribution is -0.132. The first-order chi connectivity index (χ1) is 15.7. The van der Waals surface area contributed by atoms with E-state index in [0.29, 0.717) is 11.3 Å². The molecule has 0 saturated carbocycles. The molecule has 1 fully saturated rings. The van der Waals surface area contributed by atoms with Crippen LogP contribution in [0.4, 0.5) is 10.1 Å². The molecule has 0 aliphatic carbocycles. The predicted molar refractivity (Wildman–Crippen MR) is 127 cm³/mol. The number of amides is 1. The quantitative estimate of drug-likeness (QED) is 0.287. The second-order valence-electron chi connectivity index (χ2n) is 8.23. The van der Waals surface area contributed by atoms with E-state index in [1.165, 1.54) is 34.4 Å². The van der Waals surface area contributed by atoms with Crippen molar-refractivity contribution < 1.29 is 23.8 Å². The summed E-state index contributed by atoms with van der Waals surface area (Å²) in [6.07, 6.45) is 0. The zero-order chi connectivity index (χ0) is 23.9. The van der Waals surface area contributed by atoms with Crippen molar-refractivity contribution in [2.24, 2.45) is 0 Å². The van der Waals surface area contributed by atoms with Crippen LogP contribution in [0.15, 0.2) is 59.5 Å². The van der Waals surface area contributed by atoms with Gasteiger partial charge in [-0.1, -0.05) is 19.9 Å². The number of aliphatic hydroxyl groups is 1. The standard InChI is InChI=1S/C26H24FNO4S/c1-14(2)19-12-16(8-9-20(19)32-4)23(29)21-22(25-15(3)10-11-33-25)28(26(31)24(21)30)18-7-5-6-17(27)13-18/h5-14,22,29H,1-4H3/b23-21-. The Morgan fingerprint density at radius 1 is 1.15 bits per heavy atom. The summed E-state index contributed by atoms with van der Waals surface area (Å²) in [6.45, 7) is 5.88. The molecule has 3 aromatic rings. The maximum atomic E-state index is 14.0. The molecule has 1 atom stereocenters. The minimum Gasteiger partial charge on any atom is -0.507 e. The number of rotatable bonds is 5. The molecule has 170 valence electrons. The zero-order valence-corrected chi connectivity index (χ0v) is 19.6.